The number of nitrogens with two attached hydrogens (primary N) is 1. The van der Waals surface area contributed by atoms with Gasteiger partial charge >= 0.3 is 5.97 Å². The van der Waals surface area contributed by atoms with Gasteiger partial charge < -0.3 is 19.9 Å². The van der Waals surface area contributed by atoms with Crippen molar-refractivity contribution < 1.29 is 19.0 Å². The van der Waals surface area contributed by atoms with Gasteiger partial charge in [-0.1, -0.05) is 74.3 Å². The molecule has 0 bridgehead atoms. The topological polar surface area (TPSA) is 94.6 Å². The summed E-state index contributed by atoms with van der Waals surface area (Å²) in [5.41, 5.74) is 9.26. The number of hydrogen-bond donors (Lipinski definition) is 1. The number of carbonyl (C=O) groups excluding carboxylic acids is 1. The third-order valence-electron chi connectivity index (χ3n) is 5.77. The molecule has 1 unspecified atom stereocenters. The molecule has 2 N–H and O–H groups in total. The molecule has 0 saturated heterocycles. The second kappa shape index (κ2) is 10.1. The summed E-state index contributed by atoms with van der Waals surface area (Å²) in [6, 6.07) is 20.0. The standard InChI is InChI=1S/C28H24Cl2N2O4/c1-28(2,3)17-6-4-16(5-7-17)26-20-10-9-19(13-24(20)36-27(32)21(26)14-31)35-25(33)15-34-23-11-8-18(29)12-22(23)30/h4-13,26H,15,32H2,1-3H3. The number of ether oxygens (including phenoxy) is 3. The summed E-state index contributed by atoms with van der Waals surface area (Å²) in [6.45, 7) is 6.06. The molecule has 0 saturated carbocycles. The van der Waals surface area contributed by atoms with Gasteiger partial charge in [0.1, 0.15) is 28.9 Å². The molecule has 1 aliphatic rings. The van der Waals surface area contributed by atoms with Crippen molar-refractivity contribution in [3.63, 3.8) is 0 Å². The van der Waals surface area contributed by atoms with E-state index in [0.29, 0.717) is 22.1 Å². The molecule has 0 aliphatic carbocycles. The number of esters is 1. The number of fused-ring (bicyclic) bond motifs is 1. The predicted molar refractivity (Wildman–Crippen MR) is 138 cm³/mol. The van der Waals surface area contributed by atoms with Gasteiger partial charge in [0.25, 0.3) is 0 Å². The van der Waals surface area contributed by atoms with Gasteiger partial charge in [0.15, 0.2) is 6.61 Å². The number of hydrogen-bond acceptors (Lipinski definition) is 6. The van der Waals surface area contributed by atoms with Gasteiger partial charge in [-0.15, -0.1) is 0 Å². The van der Waals surface area contributed by atoms with Gasteiger partial charge in [-0.2, -0.15) is 5.26 Å². The Balaban J connectivity index is 1.55. The van der Waals surface area contributed by atoms with Crippen molar-refractivity contribution in [2.75, 3.05) is 6.61 Å². The van der Waals surface area contributed by atoms with Crippen LogP contribution in [-0.4, -0.2) is 12.6 Å². The van der Waals surface area contributed by atoms with Crippen LogP contribution in [-0.2, 0) is 10.2 Å². The van der Waals surface area contributed by atoms with Crippen molar-refractivity contribution in [2.45, 2.75) is 32.1 Å². The van der Waals surface area contributed by atoms with Gasteiger partial charge in [-0.05, 0) is 40.8 Å². The number of nitrogens with zero attached hydrogens (tertiary/aromatic N) is 1. The first-order chi connectivity index (χ1) is 17.1. The van der Waals surface area contributed by atoms with E-state index in [1.54, 1.807) is 30.3 Å². The van der Waals surface area contributed by atoms with E-state index >= 15 is 0 Å². The molecule has 184 valence electrons. The van der Waals surface area contributed by atoms with Gasteiger partial charge in [-0.3, -0.25) is 0 Å². The number of halogens is 2. The minimum atomic E-state index is -0.632. The van der Waals surface area contributed by atoms with Crippen molar-refractivity contribution in [1.29, 1.82) is 5.26 Å². The van der Waals surface area contributed by atoms with Crippen molar-refractivity contribution >= 4 is 29.2 Å². The SMILES string of the molecule is CC(C)(C)c1ccc(C2C(C#N)=C(N)Oc3cc(OC(=O)COc4ccc(Cl)cc4Cl)ccc32)cc1. The first-order valence-corrected chi connectivity index (χ1v) is 11.9. The van der Waals surface area contributed by atoms with E-state index in [2.05, 4.69) is 39.0 Å². The van der Waals surface area contributed by atoms with E-state index in [1.165, 1.54) is 11.6 Å². The molecule has 1 atom stereocenters. The Hall–Kier alpha value is -3.66. The first-order valence-electron chi connectivity index (χ1n) is 11.2. The normalized spacial score (nSPS) is 14.9. The largest absolute Gasteiger partial charge is 0.480 e. The number of carbonyl (C=O) groups is 1. The van der Waals surface area contributed by atoms with E-state index in [1.807, 2.05) is 12.1 Å². The Kier molecular flexibility index (Phi) is 7.16. The third kappa shape index (κ3) is 5.43. The van der Waals surface area contributed by atoms with Crippen molar-refractivity contribution in [3.8, 4) is 23.3 Å². The van der Waals surface area contributed by atoms with Crippen LogP contribution in [0.1, 0.15) is 43.4 Å². The van der Waals surface area contributed by atoms with E-state index < -0.39 is 11.9 Å². The number of rotatable bonds is 5. The fourth-order valence-corrected chi connectivity index (χ4v) is 4.37. The number of benzene rings is 3. The second-order valence-corrected chi connectivity index (χ2v) is 10.2. The van der Waals surface area contributed by atoms with Crippen LogP contribution in [0, 0.1) is 11.3 Å². The molecule has 0 fully saturated rings. The summed E-state index contributed by atoms with van der Waals surface area (Å²) in [5.74, 6) is -0.0590. The molecule has 36 heavy (non-hydrogen) atoms. The maximum atomic E-state index is 12.4. The van der Waals surface area contributed by atoms with E-state index in [0.717, 1.165) is 11.1 Å². The molecule has 8 heteroatoms. The maximum Gasteiger partial charge on any atom is 0.349 e. The predicted octanol–water partition coefficient (Wildman–Crippen LogP) is 6.49. The van der Waals surface area contributed by atoms with E-state index in [-0.39, 0.29) is 28.7 Å². The zero-order valence-corrected chi connectivity index (χ0v) is 21.5. The summed E-state index contributed by atoms with van der Waals surface area (Å²) in [6.07, 6.45) is 0. The molecule has 0 amide bonds. The zero-order chi connectivity index (χ0) is 26.0. The maximum absolute atomic E-state index is 12.4. The lowest BCUT2D eigenvalue weighted by molar-refractivity contribution is -0.136. The van der Waals surface area contributed by atoms with Crippen molar-refractivity contribution in [3.05, 3.63) is 98.9 Å². The molecule has 1 heterocycles. The highest BCUT2D eigenvalue weighted by Crippen LogP contribution is 2.43. The van der Waals surface area contributed by atoms with Gasteiger partial charge in [0, 0.05) is 16.7 Å². The van der Waals surface area contributed by atoms with Crippen LogP contribution in [0.4, 0.5) is 0 Å². The third-order valence-corrected chi connectivity index (χ3v) is 6.30. The Morgan fingerprint density at radius 1 is 1.08 bits per heavy atom. The highest BCUT2D eigenvalue weighted by Gasteiger charge is 2.31. The quantitative estimate of drug-likeness (QED) is 0.303. The van der Waals surface area contributed by atoms with Crippen LogP contribution >= 0.6 is 23.2 Å². The van der Waals surface area contributed by atoms with Crippen LogP contribution in [0.2, 0.25) is 10.0 Å². The molecule has 0 radical (unpaired) electrons. The van der Waals surface area contributed by atoms with Crippen LogP contribution in [0.5, 0.6) is 17.2 Å². The first kappa shape index (κ1) is 25.4. The molecule has 3 aromatic carbocycles. The lowest BCUT2D eigenvalue weighted by Gasteiger charge is -2.27. The average Bonchev–Trinajstić information content (AvgIpc) is 2.82. The minimum absolute atomic E-state index is 0.000420. The summed E-state index contributed by atoms with van der Waals surface area (Å²) < 4.78 is 16.6. The molecule has 3 aromatic rings. The van der Waals surface area contributed by atoms with Gasteiger partial charge in [0.05, 0.1) is 10.9 Å². The van der Waals surface area contributed by atoms with E-state index in [9.17, 15) is 10.1 Å². The van der Waals surface area contributed by atoms with Gasteiger partial charge in [-0.25, -0.2) is 4.79 Å². The fraction of sp³-hybridized carbons (Fsp3) is 0.214. The molecular formula is C28H24Cl2N2O4. The summed E-state index contributed by atoms with van der Waals surface area (Å²) in [5, 5.41) is 10.5. The number of nitriles is 1. The summed E-state index contributed by atoms with van der Waals surface area (Å²) >= 11 is 11.9. The molecule has 0 aromatic heterocycles. The van der Waals surface area contributed by atoms with Crippen LogP contribution < -0.4 is 19.9 Å². The smallest absolute Gasteiger partial charge is 0.349 e. The minimum Gasteiger partial charge on any atom is -0.480 e. The Bertz CT molecular complexity index is 1390. The second-order valence-electron chi connectivity index (χ2n) is 9.33. The molecule has 0 spiro atoms. The summed E-state index contributed by atoms with van der Waals surface area (Å²) in [4.78, 5) is 12.4. The van der Waals surface area contributed by atoms with Crippen LogP contribution in [0.3, 0.4) is 0 Å². The Morgan fingerprint density at radius 2 is 1.81 bits per heavy atom. The Labute approximate surface area is 219 Å². The molecule has 4 rings (SSSR count). The van der Waals surface area contributed by atoms with Crippen LogP contribution in [0.15, 0.2) is 72.1 Å². The molecule has 6 nitrogen and oxygen atoms in total. The van der Waals surface area contributed by atoms with Gasteiger partial charge in [0.2, 0.25) is 5.88 Å². The number of allylic oxidation sites excluding steroid dienone is 1. The highest BCUT2D eigenvalue weighted by molar-refractivity contribution is 6.35. The zero-order valence-electron chi connectivity index (χ0n) is 20.0. The van der Waals surface area contributed by atoms with E-state index in [4.69, 9.17) is 43.1 Å². The monoisotopic (exact) mass is 522 g/mol. The van der Waals surface area contributed by atoms with Crippen LogP contribution in [0.25, 0.3) is 0 Å². The molecule has 1 aliphatic heterocycles. The lowest BCUT2D eigenvalue weighted by Crippen LogP contribution is -2.22. The van der Waals surface area contributed by atoms with Crippen molar-refractivity contribution in [1.82, 2.24) is 0 Å². The Morgan fingerprint density at radius 3 is 2.44 bits per heavy atom. The molecular weight excluding hydrogens is 499 g/mol. The van der Waals surface area contributed by atoms with Crippen molar-refractivity contribution in [2.24, 2.45) is 5.73 Å². The lowest BCUT2D eigenvalue weighted by atomic mass is 9.81. The fourth-order valence-electron chi connectivity index (χ4n) is 3.91. The summed E-state index contributed by atoms with van der Waals surface area (Å²) in [7, 11) is 0. The average molecular weight is 523 g/mol. The highest BCUT2D eigenvalue weighted by atomic mass is 35.5.